The zero-order valence-corrected chi connectivity index (χ0v) is 9.65. The van der Waals surface area contributed by atoms with Crippen molar-refractivity contribution in [2.45, 2.75) is 4.90 Å². The van der Waals surface area contributed by atoms with Gasteiger partial charge in [0.1, 0.15) is 0 Å². The second kappa shape index (κ2) is 9.34. The minimum atomic E-state index is 0. The van der Waals surface area contributed by atoms with Crippen LogP contribution in [0.15, 0.2) is 35.2 Å². The summed E-state index contributed by atoms with van der Waals surface area (Å²) in [5.74, 6) is 0.990. The SMILES string of the molecule is Cl.NCCOCCSc1ccccc1. The first-order chi connectivity index (χ1) is 6.43. The van der Waals surface area contributed by atoms with Gasteiger partial charge in [-0.05, 0) is 12.1 Å². The fourth-order valence-electron chi connectivity index (χ4n) is 0.921. The van der Waals surface area contributed by atoms with Gasteiger partial charge < -0.3 is 10.5 Å². The van der Waals surface area contributed by atoms with E-state index >= 15 is 0 Å². The summed E-state index contributed by atoms with van der Waals surface area (Å²) in [5.41, 5.74) is 5.29. The third-order valence-corrected chi connectivity index (χ3v) is 2.48. The molecule has 0 aliphatic heterocycles. The molecule has 1 aromatic rings. The molecule has 0 amide bonds. The van der Waals surface area contributed by atoms with E-state index in [9.17, 15) is 0 Å². The highest BCUT2D eigenvalue weighted by Crippen LogP contribution is 2.15. The zero-order valence-electron chi connectivity index (χ0n) is 8.02. The van der Waals surface area contributed by atoms with E-state index in [1.807, 2.05) is 18.2 Å². The predicted molar refractivity (Wildman–Crippen MR) is 64.3 cm³/mol. The van der Waals surface area contributed by atoms with Crippen molar-refractivity contribution >= 4 is 24.2 Å². The number of rotatable bonds is 6. The monoisotopic (exact) mass is 233 g/mol. The fraction of sp³-hybridized carbons (Fsp3) is 0.400. The maximum Gasteiger partial charge on any atom is 0.0589 e. The van der Waals surface area contributed by atoms with Gasteiger partial charge in [0.15, 0.2) is 0 Å². The van der Waals surface area contributed by atoms with Crippen LogP contribution in [0.5, 0.6) is 0 Å². The summed E-state index contributed by atoms with van der Waals surface area (Å²) in [6, 6.07) is 10.3. The van der Waals surface area contributed by atoms with Gasteiger partial charge in [0, 0.05) is 17.2 Å². The lowest BCUT2D eigenvalue weighted by Gasteiger charge is -2.02. The second-order valence-electron chi connectivity index (χ2n) is 2.56. The highest BCUT2D eigenvalue weighted by atomic mass is 35.5. The van der Waals surface area contributed by atoms with Crippen LogP contribution >= 0.6 is 24.2 Å². The van der Waals surface area contributed by atoms with E-state index in [2.05, 4.69) is 12.1 Å². The van der Waals surface area contributed by atoms with Crippen LogP contribution < -0.4 is 5.73 Å². The Morgan fingerprint density at radius 3 is 2.50 bits per heavy atom. The van der Waals surface area contributed by atoms with Gasteiger partial charge in [-0.25, -0.2) is 0 Å². The van der Waals surface area contributed by atoms with Crippen molar-refractivity contribution in [1.82, 2.24) is 0 Å². The minimum absolute atomic E-state index is 0. The van der Waals surface area contributed by atoms with E-state index < -0.39 is 0 Å². The number of hydrogen-bond donors (Lipinski definition) is 1. The van der Waals surface area contributed by atoms with Crippen molar-refractivity contribution in [3.63, 3.8) is 0 Å². The molecule has 2 N–H and O–H groups in total. The molecule has 1 aromatic carbocycles. The van der Waals surface area contributed by atoms with Crippen LogP contribution in [0.4, 0.5) is 0 Å². The molecule has 2 nitrogen and oxygen atoms in total. The van der Waals surface area contributed by atoms with Gasteiger partial charge in [0.25, 0.3) is 0 Å². The summed E-state index contributed by atoms with van der Waals surface area (Å²) in [7, 11) is 0. The molecule has 0 saturated carbocycles. The molecule has 0 saturated heterocycles. The van der Waals surface area contributed by atoms with E-state index in [1.54, 1.807) is 11.8 Å². The largest absolute Gasteiger partial charge is 0.379 e. The lowest BCUT2D eigenvalue weighted by Crippen LogP contribution is -2.09. The third kappa shape index (κ3) is 6.27. The van der Waals surface area contributed by atoms with Gasteiger partial charge in [0.05, 0.1) is 13.2 Å². The first kappa shape index (κ1) is 13.8. The molecule has 0 heterocycles. The highest BCUT2D eigenvalue weighted by molar-refractivity contribution is 7.99. The maximum absolute atomic E-state index is 5.29. The van der Waals surface area contributed by atoms with Crippen LogP contribution in [-0.2, 0) is 4.74 Å². The molecule has 1 rings (SSSR count). The molecule has 4 heteroatoms. The Morgan fingerprint density at radius 2 is 1.86 bits per heavy atom. The van der Waals surface area contributed by atoms with Crippen LogP contribution in [0, 0.1) is 0 Å². The van der Waals surface area contributed by atoms with E-state index in [1.165, 1.54) is 4.90 Å². The Hall–Kier alpha value is -0.220. The van der Waals surface area contributed by atoms with Crippen molar-refractivity contribution in [3.8, 4) is 0 Å². The van der Waals surface area contributed by atoms with Gasteiger partial charge in [-0.3, -0.25) is 0 Å². The fourth-order valence-corrected chi connectivity index (χ4v) is 1.71. The van der Waals surface area contributed by atoms with E-state index in [0.717, 1.165) is 12.4 Å². The van der Waals surface area contributed by atoms with Gasteiger partial charge in [0.2, 0.25) is 0 Å². The number of halogens is 1. The van der Waals surface area contributed by atoms with Crippen LogP contribution in [-0.4, -0.2) is 25.5 Å². The summed E-state index contributed by atoms with van der Waals surface area (Å²) >= 11 is 1.81. The lowest BCUT2D eigenvalue weighted by molar-refractivity contribution is 0.158. The average molecular weight is 234 g/mol. The first-order valence-electron chi connectivity index (χ1n) is 4.39. The quantitative estimate of drug-likeness (QED) is 0.604. The van der Waals surface area contributed by atoms with E-state index in [0.29, 0.717) is 13.2 Å². The summed E-state index contributed by atoms with van der Waals surface area (Å²) in [5, 5.41) is 0. The summed E-state index contributed by atoms with van der Waals surface area (Å²) in [6.07, 6.45) is 0. The van der Waals surface area contributed by atoms with Crippen LogP contribution in [0.2, 0.25) is 0 Å². The molecule has 80 valence electrons. The van der Waals surface area contributed by atoms with Crippen molar-refractivity contribution in [1.29, 1.82) is 0 Å². The number of hydrogen-bond acceptors (Lipinski definition) is 3. The Kier molecular flexibility index (Phi) is 9.19. The molecule has 0 atom stereocenters. The topological polar surface area (TPSA) is 35.2 Å². The Labute approximate surface area is 95.6 Å². The molecular weight excluding hydrogens is 218 g/mol. The zero-order chi connectivity index (χ0) is 9.36. The molecule has 0 spiro atoms. The van der Waals surface area contributed by atoms with Gasteiger partial charge >= 0.3 is 0 Å². The normalized spacial score (nSPS) is 9.50. The van der Waals surface area contributed by atoms with Crippen molar-refractivity contribution in [2.75, 3.05) is 25.5 Å². The van der Waals surface area contributed by atoms with E-state index in [4.69, 9.17) is 10.5 Å². The first-order valence-corrected chi connectivity index (χ1v) is 5.37. The molecule has 0 fully saturated rings. The molecule has 0 unspecified atom stereocenters. The van der Waals surface area contributed by atoms with Crippen molar-refractivity contribution in [3.05, 3.63) is 30.3 Å². The van der Waals surface area contributed by atoms with Gasteiger partial charge in [-0.15, -0.1) is 24.2 Å². The van der Waals surface area contributed by atoms with Crippen molar-refractivity contribution < 1.29 is 4.74 Å². The molecule has 14 heavy (non-hydrogen) atoms. The third-order valence-electron chi connectivity index (χ3n) is 1.50. The van der Waals surface area contributed by atoms with Crippen LogP contribution in [0.3, 0.4) is 0 Å². The molecule has 0 aliphatic rings. The number of ether oxygens (including phenoxy) is 1. The second-order valence-corrected chi connectivity index (χ2v) is 3.73. The smallest absolute Gasteiger partial charge is 0.0589 e. The number of benzene rings is 1. The van der Waals surface area contributed by atoms with Gasteiger partial charge in [-0.2, -0.15) is 0 Å². The molecular formula is C10H16ClNOS. The predicted octanol–water partition coefficient (Wildman–Crippen LogP) is 2.18. The minimum Gasteiger partial charge on any atom is -0.379 e. The molecule has 0 radical (unpaired) electrons. The van der Waals surface area contributed by atoms with Crippen molar-refractivity contribution in [2.24, 2.45) is 5.73 Å². The molecule has 0 aromatic heterocycles. The maximum atomic E-state index is 5.29. The summed E-state index contributed by atoms with van der Waals surface area (Å²) in [6.45, 7) is 2.04. The van der Waals surface area contributed by atoms with E-state index in [-0.39, 0.29) is 12.4 Å². The van der Waals surface area contributed by atoms with Crippen LogP contribution in [0.1, 0.15) is 0 Å². The number of thioether (sulfide) groups is 1. The molecule has 0 aliphatic carbocycles. The van der Waals surface area contributed by atoms with Gasteiger partial charge in [-0.1, -0.05) is 18.2 Å². The van der Waals surface area contributed by atoms with Crippen LogP contribution in [0.25, 0.3) is 0 Å². The highest BCUT2D eigenvalue weighted by Gasteiger charge is 1.91. The lowest BCUT2D eigenvalue weighted by atomic mass is 10.4. The molecule has 0 bridgehead atoms. The Bertz CT molecular complexity index is 221. The standard InChI is InChI=1S/C10H15NOS.ClH/c11-6-7-12-8-9-13-10-4-2-1-3-5-10;/h1-5H,6-9,11H2;1H. The summed E-state index contributed by atoms with van der Waals surface area (Å²) < 4.78 is 5.26. The number of nitrogens with two attached hydrogens (primary N) is 1. The average Bonchev–Trinajstić information content (AvgIpc) is 2.19. The Balaban J connectivity index is 0.00000169. The summed E-state index contributed by atoms with van der Waals surface area (Å²) in [4.78, 5) is 1.29. The Morgan fingerprint density at radius 1 is 1.14 bits per heavy atom.